The fraction of sp³-hybridized carbons (Fsp3) is 0.600. The van der Waals surface area contributed by atoms with Crippen molar-refractivity contribution in [2.24, 2.45) is 0 Å². The maximum Gasteiger partial charge on any atom is 0.0667 e. The average Bonchev–Trinajstić information content (AvgIpc) is 1.35. The van der Waals surface area contributed by atoms with E-state index in [0.29, 0.717) is 6.61 Å². The summed E-state index contributed by atoms with van der Waals surface area (Å²) in [5.41, 5.74) is 1.07. The smallest absolute Gasteiger partial charge is 0.0667 e. The lowest BCUT2D eigenvalue weighted by Crippen LogP contribution is -1.85. The molecule has 0 unspecified atom stereocenters. The Balaban J connectivity index is 2.83. The van der Waals surface area contributed by atoms with Gasteiger partial charge in [0.1, 0.15) is 0 Å². The standard InChI is InChI=1S/C5H10O/c1-5(2)4-6-3/h1,4H2,2-3H3. The first-order valence-corrected chi connectivity index (χ1v) is 1.90. The summed E-state index contributed by atoms with van der Waals surface area (Å²) in [7, 11) is 1.66. The van der Waals surface area contributed by atoms with Crippen molar-refractivity contribution in [3.8, 4) is 0 Å². The number of hydrogen-bond donors (Lipinski definition) is 0. The molecule has 1 nitrogen and oxygen atoms in total. The lowest BCUT2D eigenvalue weighted by molar-refractivity contribution is 0.226. The van der Waals surface area contributed by atoms with E-state index in [1.54, 1.807) is 7.11 Å². The molecular formula is C5H10O. The summed E-state index contributed by atoms with van der Waals surface area (Å²) in [6.07, 6.45) is 0. The molecule has 6 heavy (non-hydrogen) atoms. The lowest BCUT2D eigenvalue weighted by Gasteiger charge is -1.90. The van der Waals surface area contributed by atoms with Gasteiger partial charge in [-0.05, 0) is 6.92 Å². The van der Waals surface area contributed by atoms with E-state index in [2.05, 4.69) is 6.58 Å². The third-order valence-corrected chi connectivity index (χ3v) is 0.391. The quantitative estimate of drug-likeness (QED) is 0.459. The highest BCUT2D eigenvalue weighted by atomic mass is 16.5. The van der Waals surface area contributed by atoms with Crippen LogP contribution in [0.25, 0.3) is 0 Å². The summed E-state index contributed by atoms with van der Waals surface area (Å²) in [6, 6.07) is 0. The van der Waals surface area contributed by atoms with Crippen molar-refractivity contribution in [3.63, 3.8) is 0 Å². The molecule has 0 aromatic heterocycles. The van der Waals surface area contributed by atoms with Gasteiger partial charge in [0.15, 0.2) is 0 Å². The lowest BCUT2D eigenvalue weighted by atomic mass is 10.4. The second-order valence-corrected chi connectivity index (χ2v) is 1.39. The Bertz CT molecular complexity index is 47.9. The third-order valence-electron chi connectivity index (χ3n) is 0.391. The van der Waals surface area contributed by atoms with Gasteiger partial charge >= 0.3 is 0 Å². The van der Waals surface area contributed by atoms with E-state index in [0.717, 1.165) is 5.57 Å². The molecule has 0 fully saturated rings. The molecule has 0 N–H and O–H groups in total. The number of rotatable bonds is 2. The Labute approximate surface area is 38.6 Å². The molecule has 36 valence electrons. The van der Waals surface area contributed by atoms with Crippen LogP contribution in [-0.4, -0.2) is 13.7 Å². The first kappa shape index (κ1) is 5.70. The first-order chi connectivity index (χ1) is 2.77. The number of methoxy groups -OCH3 is 1. The molecule has 1 heteroatoms. The molecule has 0 aromatic carbocycles. The first-order valence-electron chi connectivity index (χ1n) is 1.90. The van der Waals surface area contributed by atoms with Gasteiger partial charge in [-0.1, -0.05) is 12.2 Å². The van der Waals surface area contributed by atoms with Gasteiger partial charge in [-0.25, -0.2) is 0 Å². The maximum atomic E-state index is 4.70. The van der Waals surface area contributed by atoms with E-state index < -0.39 is 0 Å². The second kappa shape index (κ2) is 2.91. The molecule has 0 rings (SSSR count). The zero-order chi connectivity index (χ0) is 4.99. The Morgan fingerprint density at radius 3 is 2.33 bits per heavy atom. The van der Waals surface area contributed by atoms with E-state index in [9.17, 15) is 0 Å². The molecule has 0 spiro atoms. The highest BCUT2D eigenvalue weighted by molar-refractivity contribution is 4.86. The summed E-state index contributed by atoms with van der Waals surface area (Å²) in [6.45, 7) is 6.23. The molecule has 0 saturated carbocycles. The number of ether oxygens (including phenoxy) is 1. The second-order valence-electron chi connectivity index (χ2n) is 1.39. The van der Waals surface area contributed by atoms with Crippen molar-refractivity contribution < 1.29 is 4.74 Å². The van der Waals surface area contributed by atoms with E-state index in [1.807, 2.05) is 6.92 Å². The third kappa shape index (κ3) is 3.70. The predicted octanol–water partition coefficient (Wildman–Crippen LogP) is 1.21. The molecule has 0 aliphatic carbocycles. The molecule has 0 amide bonds. The van der Waals surface area contributed by atoms with Crippen molar-refractivity contribution in [3.05, 3.63) is 12.2 Å². The molecular weight excluding hydrogens is 76.1 g/mol. The molecule has 0 aliphatic rings. The summed E-state index contributed by atoms with van der Waals surface area (Å²) < 4.78 is 4.70. The van der Waals surface area contributed by atoms with Crippen molar-refractivity contribution in [1.29, 1.82) is 0 Å². The summed E-state index contributed by atoms with van der Waals surface area (Å²) in [5.74, 6) is 0. The Morgan fingerprint density at radius 2 is 2.33 bits per heavy atom. The largest absolute Gasteiger partial charge is 0.380 e. The minimum Gasteiger partial charge on any atom is -0.380 e. The molecule has 0 radical (unpaired) electrons. The van der Waals surface area contributed by atoms with Gasteiger partial charge in [0.25, 0.3) is 0 Å². The predicted molar refractivity (Wildman–Crippen MR) is 26.7 cm³/mol. The van der Waals surface area contributed by atoms with Crippen LogP contribution >= 0.6 is 0 Å². The average molecular weight is 86.1 g/mol. The Hall–Kier alpha value is -0.300. The van der Waals surface area contributed by atoms with Crippen LogP contribution in [0.2, 0.25) is 0 Å². The van der Waals surface area contributed by atoms with Crippen molar-refractivity contribution >= 4 is 0 Å². The van der Waals surface area contributed by atoms with Gasteiger partial charge in [-0.15, -0.1) is 0 Å². The fourth-order valence-corrected chi connectivity index (χ4v) is 0.246. The summed E-state index contributed by atoms with van der Waals surface area (Å²) in [5, 5.41) is 0. The molecule has 0 bridgehead atoms. The van der Waals surface area contributed by atoms with Crippen LogP contribution in [0.15, 0.2) is 12.2 Å². The summed E-state index contributed by atoms with van der Waals surface area (Å²) in [4.78, 5) is 0. The normalized spacial score (nSPS) is 8.33. The molecule has 0 saturated heterocycles. The van der Waals surface area contributed by atoms with Crippen molar-refractivity contribution in [1.82, 2.24) is 0 Å². The fourth-order valence-electron chi connectivity index (χ4n) is 0.246. The van der Waals surface area contributed by atoms with Gasteiger partial charge in [0, 0.05) is 7.11 Å². The van der Waals surface area contributed by atoms with Crippen LogP contribution in [0.1, 0.15) is 6.92 Å². The van der Waals surface area contributed by atoms with Crippen LogP contribution < -0.4 is 0 Å². The van der Waals surface area contributed by atoms with E-state index >= 15 is 0 Å². The van der Waals surface area contributed by atoms with Crippen LogP contribution in [0, 0.1) is 0 Å². The van der Waals surface area contributed by atoms with Gasteiger partial charge in [-0.3, -0.25) is 0 Å². The maximum absolute atomic E-state index is 4.70. The van der Waals surface area contributed by atoms with Crippen molar-refractivity contribution in [2.75, 3.05) is 13.7 Å². The molecule has 0 heterocycles. The van der Waals surface area contributed by atoms with Crippen LogP contribution in [0.5, 0.6) is 0 Å². The summed E-state index contributed by atoms with van der Waals surface area (Å²) >= 11 is 0. The van der Waals surface area contributed by atoms with Crippen LogP contribution in [0.4, 0.5) is 0 Å². The molecule has 0 atom stereocenters. The highest BCUT2D eigenvalue weighted by Gasteiger charge is 1.75. The van der Waals surface area contributed by atoms with Gasteiger partial charge < -0.3 is 4.74 Å². The molecule has 0 aliphatic heterocycles. The number of hydrogen-bond acceptors (Lipinski definition) is 1. The van der Waals surface area contributed by atoms with E-state index in [-0.39, 0.29) is 0 Å². The van der Waals surface area contributed by atoms with E-state index in [1.165, 1.54) is 0 Å². The van der Waals surface area contributed by atoms with Gasteiger partial charge in [-0.2, -0.15) is 0 Å². The zero-order valence-corrected chi connectivity index (χ0v) is 4.32. The Kier molecular flexibility index (Phi) is 2.77. The zero-order valence-electron chi connectivity index (χ0n) is 4.32. The van der Waals surface area contributed by atoms with E-state index in [4.69, 9.17) is 4.74 Å². The monoisotopic (exact) mass is 86.1 g/mol. The SMILES string of the molecule is C=C(C)COC. The van der Waals surface area contributed by atoms with Crippen LogP contribution in [-0.2, 0) is 4.74 Å². The van der Waals surface area contributed by atoms with Gasteiger partial charge in [0.2, 0.25) is 0 Å². The topological polar surface area (TPSA) is 9.23 Å². The molecule has 0 aromatic rings. The van der Waals surface area contributed by atoms with Crippen molar-refractivity contribution in [2.45, 2.75) is 6.92 Å². The van der Waals surface area contributed by atoms with Gasteiger partial charge in [0.05, 0.1) is 6.61 Å². The Morgan fingerprint density at radius 1 is 1.83 bits per heavy atom. The minimum absolute atomic E-state index is 0.681. The minimum atomic E-state index is 0.681. The van der Waals surface area contributed by atoms with Crippen LogP contribution in [0.3, 0.4) is 0 Å². The highest BCUT2D eigenvalue weighted by Crippen LogP contribution is 1.82.